The maximum atomic E-state index is 11.3. The van der Waals surface area contributed by atoms with Gasteiger partial charge in [-0.15, -0.1) is 0 Å². The fraction of sp³-hybridized carbons (Fsp3) is 0.333. The van der Waals surface area contributed by atoms with E-state index in [1.807, 2.05) is 18.2 Å². The number of ether oxygens (including phenoxy) is 1. The van der Waals surface area contributed by atoms with Crippen LogP contribution in [-0.4, -0.2) is 42.4 Å². The highest BCUT2D eigenvalue weighted by Crippen LogP contribution is 2.27. The SMILES string of the molecule is CO[C@H]1CCN(c2ccc3nccc(C(=O)O)c3c2)C1. The van der Waals surface area contributed by atoms with Crippen molar-refractivity contribution in [2.24, 2.45) is 0 Å². The number of hydrogen-bond acceptors (Lipinski definition) is 4. The Morgan fingerprint density at radius 2 is 2.30 bits per heavy atom. The topological polar surface area (TPSA) is 62.7 Å². The van der Waals surface area contributed by atoms with Gasteiger partial charge in [0, 0.05) is 37.5 Å². The van der Waals surface area contributed by atoms with Crippen molar-refractivity contribution in [2.45, 2.75) is 12.5 Å². The van der Waals surface area contributed by atoms with E-state index in [0.29, 0.717) is 16.5 Å². The third-order valence-corrected chi connectivity index (χ3v) is 3.80. The molecule has 1 fully saturated rings. The van der Waals surface area contributed by atoms with Gasteiger partial charge >= 0.3 is 5.97 Å². The van der Waals surface area contributed by atoms with Crippen LogP contribution in [0.1, 0.15) is 16.8 Å². The summed E-state index contributed by atoms with van der Waals surface area (Å²) in [5, 5.41) is 9.94. The first-order valence-electron chi connectivity index (χ1n) is 6.59. The average Bonchev–Trinajstić information content (AvgIpc) is 2.94. The Morgan fingerprint density at radius 1 is 1.45 bits per heavy atom. The maximum absolute atomic E-state index is 11.3. The molecule has 0 amide bonds. The van der Waals surface area contributed by atoms with E-state index >= 15 is 0 Å². The molecule has 2 aromatic rings. The van der Waals surface area contributed by atoms with Crippen molar-refractivity contribution < 1.29 is 14.6 Å². The molecule has 20 heavy (non-hydrogen) atoms. The molecule has 5 nitrogen and oxygen atoms in total. The molecule has 1 aliphatic heterocycles. The summed E-state index contributed by atoms with van der Waals surface area (Å²) in [5.74, 6) is -0.925. The van der Waals surface area contributed by atoms with E-state index in [1.165, 1.54) is 12.3 Å². The van der Waals surface area contributed by atoms with Gasteiger partial charge in [0.2, 0.25) is 0 Å². The van der Waals surface area contributed by atoms with Crippen LogP contribution >= 0.6 is 0 Å². The summed E-state index contributed by atoms with van der Waals surface area (Å²) < 4.78 is 5.36. The number of nitrogens with zero attached hydrogens (tertiary/aromatic N) is 2. The van der Waals surface area contributed by atoms with Crippen molar-refractivity contribution >= 4 is 22.6 Å². The first-order chi connectivity index (χ1) is 9.69. The minimum absolute atomic E-state index is 0.249. The van der Waals surface area contributed by atoms with Crippen LogP contribution < -0.4 is 4.90 Å². The van der Waals surface area contributed by atoms with E-state index in [4.69, 9.17) is 4.74 Å². The van der Waals surface area contributed by atoms with Gasteiger partial charge in [0.1, 0.15) is 0 Å². The Bertz CT molecular complexity index is 657. The monoisotopic (exact) mass is 272 g/mol. The van der Waals surface area contributed by atoms with Gasteiger partial charge in [-0.25, -0.2) is 4.79 Å². The van der Waals surface area contributed by atoms with Crippen molar-refractivity contribution in [3.05, 3.63) is 36.0 Å². The molecule has 0 radical (unpaired) electrons. The van der Waals surface area contributed by atoms with E-state index in [0.717, 1.165) is 25.2 Å². The second kappa shape index (κ2) is 5.09. The lowest BCUT2D eigenvalue weighted by molar-refractivity contribution is 0.0699. The molecule has 2 heterocycles. The van der Waals surface area contributed by atoms with Crippen molar-refractivity contribution in [1.29, 1.82) is 0 Å². The van der Waals surface area contributed by atoms with Gasteiger partial charge in [-0.05, 0) is 30.7 Å². The van der Waals surface area contributed by atoms with Crippen LogP contribution in [0.2, 0.25) is 0 Å². The predicted octanol–water partition coefficient (Wildman–Crippen LogP) is 2.16. The largest absolute Gasteiger partial charge is 0.478 e. The lowest BCUT2D eigenvalue weighted by Crippen LogP contribution is -2.22. The third-order valence-electron chi connectivity index (χ3n) is 3.80. The predicted molar refractivity (Wildman–Crippen MR) is 76.3 cm³/mol. The fourth-order valence-corrected chi connectivity index (χ4v) is 2.67. The number of methoxy groups -OCH3 is 1. The maximum Gasteiger partial charge on any atom is 0.336 e. The number of carbonyl (C=O) groups is 1. The van der Waals surface area contributed by atoms with Gasteiger partial charge in [-0.2, -0.15) is 0 Å². The lowest BCUT2D eigenvalue weighted by Gasteiger charge is -2.19. The van der Waals surface area contributed by atoms with Gasteiger partial charge in [0.05, 0.1) is 17.2 Å². The van der Waals surface area contributed by atoms with Crippen LogP contribution in [0.3, 0.4) is 0 Å². The van der Waals surface area contributed by atoms with E-state index < -0.39 is 5.97 Å². The number of benzene rings is 1. The number of carboxylic acid groups (broad SMARTS) is 1. The van der Waals surface area contributed by atoms with E-state index in [-0.39, 0.29) is 6.10 Å². The van der Waals surface area contributed by atoms with E-state index in [9.17, 15) is 9.90 Å². The zero-order valence-electron chi connectivity index (χ0n) is 11.2. The molecule has 0 unspecified atom stereocenters. The summed E-state index contributed by atoms with van der Waals surface area (Å²) in [5.41, 5.74) is 2.02. The van der Waals surface area contributed by atoms with Gasteiger partial charge in [-0.1, -0.05) is 0 Å². The van der Waals surface area contributed by atoms with Crippen molar-refractivity contribution in [3.63, 3.8) is 0 Å². The number of anilines is 1. The van der Waals surface area contributed by atoms with Gasteiger partial charge < -0.3 is 14.7 Å². The average molecular weight is 272 g/mol. The zero-order valence-corrected chi connectivity index (χ0v) is 11.2. The molecule has 1 aromatic carbocycles. The molecular formula is C15H16N2O3. The van der Waals surface area contributed by atoms with E-state index in [2.05, 4.69) is 9.88 Å². The molecule has 1 aromatic heterocycles. The second-order valence-electron chi connectivity index (χ2n) is 4.96. The van der Waals surface area contributed by atoms with Crippen molar-refractivity contribution in [1.82, 2.24) is 4.98 Å². The number of pyridine rings is 1. The number of fused-ring (bicyclic) bond motifs is 1. The molecule has 0 saturated carbocycles. The number of hydrogen-bond donors (Lipinski definition) is 1. The van der Waals surface area contributed by atoms with Crippen molar-refractivity contribution in [3.8, 4) is 0 Å². The summed E-state index contributed by atoms with van der Waals surface area (Å²) in [4.78, 5) is 17.7. The van der Waals surface area contributed by atoms with Gasteiger partial charge in [0.25, 0.3) is 0 Å². The van der Waals surface area contributed by atoms with Gasteiger partial charge in [-0.3, -0.25) is 4.98 Å². The van der Waals surface area contributed by atoms with Gasteiger partial charge in [0.15, 0.2) is 0 Å². The highest BCUT2D eigenvalue weighted by molar-refractivity contribution is 6.03. The molecule has 1 N–H and O–H groups in total. The Hall–Kier alpha value is -2.14. The van der Waals surface area contributed by atoms with Crippen LogP contribution in [0.25, 0.3) is 10.9 Å². The zero-order chi connectivity index (χ0) is 14.1. The molecule has 0 aliphatic carbocycles. The fourth-order valence-electron chi connectivity index (χ4n) is 2.67. The molecule has 5 heteroatoms. The lowest BCUT2D eigenvalue weighted by atomic mass is 10.1. The molecule has 0 spiro atoms. The van der Waals surface area contributed by atoms with Crippen LogP contribution in [-0.2, 0) is 4.74 Å². The first kappa shape index (κ1) is 12.9. The third kappa shape index (κ3) is 2.20. The summed E-state index contributed by atoms with van der Waals surface area (Å²) >= 11 is 0. The highest BCUT2D eigenvalue weighted by Gasteiger charge is 2.22. The van der Waals surface area contributed by atoms with Crippen LogP contribution in [0, 0.1) is 0 Å². The summed E-state index contributed by atoms with van der Waals surface area (Å²) in [6.07, 6.45) is 2.77. The minimum atomic E-state index is -0.925. The minimum Gasteiger partial charge on any atom is -0.478 e. The molecule has 104 valence electrons. The molecular weight excluding hydrogens is 256 g/mol. The number of aromatic carboxylic acids is 1. The van der Waals surface area contributed by atoms with Crippen LogP contribution in [0.15, 0.2) is 30.5 Å². The van der Waals surface area contributed by atoms with E-state index in [1.54, 1.807) is 7.11 Å². The summed E-state index contributed by atoms with van der Waals surface area (Å²) in [6, 6.07) is 7.30. The highest BCUT2D eigenvalue weighted by atomic mass is 16.5. The summed E-state index contributed by atoms with van der Waals surface area (Å²) in [7, 11) is 1.72. The smallest absolute Gasteiger partial charge is 0.336 e. The summed E-state index contributed by atoms with van der Waals surface area (Å²) in [6.45, 7) is 1.76. The number of rotatable bonds is 3. The Balaban J connectivity index is 2.02. The molecule has 1 atom stereocenters. The standard InChI is InChI=1S/C15H16N2O3/c1-20-11-5-7-17(9-11)10-2-3-14-13(8-10)12(15(18)19)4-6-16-14/h2-4,6,8,11H,5,7,9H2,1H3,(H,18,19)/t11-/m0/s1. The van der Waals surface area contributed by atoms with Crippen molar-refractivity contribution in [2.75, 3.05) is 25.1 Å². The number of aromatic nitrogens is 1. The Kier molecular flexibility index (Phi) is 3.28. The quantitative estimate of drug-likeness (QED) is 0.927. The molecule has 0 bridgehead atoms. The normalized spacial score (nSPS) is 18.6. The molecule has 1 aliphatic rings. The molecule has 1 saturated heterocycles. The van der Waals surface area contributed by atoms with Crippen LogP contribution in [0.4, 0.5) is 5.69 Å². The Labute approximate surface area is 116 Å². The Morgan fingerprint density at radius 3 is 3.00 bits per heavy atom. The first-order valence-corrected chi connectivity index (χ1v) is 6.59. The second-order valence-corrected chi connectivity index (χ2v) is 4.96. The number of carboxylic acids is 1. The van der Waals surface area contributed by atoms with Crippen LogP contribution in [0.5, 0.6) is 0 Å². The molecule has 3 rings (SSSR count).